The van der Waals surface area contributed by atoms with Gasteiger partial charge in [-0.2, -0.15) is 5.26 Å². The SMILES string of the molecule is N#CC1=C(SCC(=O)Nc2ccc(Br)cc2)NC(=O)C[C@@H]1c1ccccc1. The number of nitrogens with zero attached hydrogens (tertiary/aromatic N) is 1. The van der Waals surface area contributed by atoms with Crippen molar-refractivity contribution < 1.29 is 9.59 Å². The number of carbonyl (C=O) groups is 2. The highest BCUT2D eigenvalue weighted by Gasteiger charge is 2.29. The Balaban J connectivity index is 1.72. The normalized spacial score (nSPS) is 16.4. The second-order valence-electron chi connectivity index (χ2n) is 5.91. The molecule has 0 fully saturated rings. The van der Waals surface area contributed by atoms with E-state index >= 15 is 0 Å². The predicted molar refractivity (Wildman–Crippen MR) is 110 cm³/mol. The van der Waals surface area contributed by atoms with Crippen molar-refractivity contribution in [2.75, 3.05) is 11.1 Å². The first kappa shape index (κ1) is 19.2. The monoisotopic (exact) mass is 441 g/mol. The molecule has 136 valence electrons. The van der Waals surface area contributed by atoms with E-state index in [1.807, 2.05) is 42.5 Å². The van der Waals surface area contributed by atoms with Crippen molar-refractivity contribution >= 4 is 45.2 Å². The van der Waals surface area contributed by atoms with Crippen LogP contribution in [0.25, 0.3) is 0 Å². The van der Waals surface area contributed by atoms with Crippen LogP contribution in [-0.2, 0) is 9.59 Å². The molecule has 2 aromatic carbocycles. The zero-order valence-electron chi connectivity index (χ0n) is 14.2. The quantitative estimate of drug-likeness (QED) is 0.729. The van der Waals surface area contributed by atoms with Crippen LogP contribution in [0.1, 0.15) is 17.9 Å². The molecule has 0 bridgehead atoms. The Morgan fingerprint density at radius 3 is 2.59 bits per heavy atom. The number of benzene rings is 2. The van der Waals surface area contributed by atoms with Crippen LogP contribution >= 0.6 is 27.7 Å². The van der Waals surface area contributed by atoms with Crippen molar-refractivity contribution in [1.29, 1.82) is 5.26 Å². The van der Waals surface area contributed by atoms with Gasteiger partial charge in [0.15, 0.2) is 0 Å². The Labute approximate surface area is 170 Å². The lowest BCUT2D eigenvalue weighted by Crippen LogP contribution is -2.31. The van der Waals surface area contributed by atoms with Crippen molar-refractivity contribution in [3.8, 4) is 6.07 Å². The molecule has 0 unspecified atom stereocenters. The van der Waals surface area contributed by atoms with Gasteiger partial charge >= 0.3 is 0 Å². The maximum Gasteiger partial charge on any atom is 0.234 e. The van der Waals surface area contributed by atoms with Gasteiger partial charge in [0, 0.05) is 22.5 Å². The molecule has 0 aromatic heterocycles. The first-order valence-corrected chi connectivity index (χ1v) is 10.0. The summed E-state index contributed by atoms with van der Waals surface area (Å²) < 4.78 is 0.926. The number of amides is 2. The van der Waals surface area contributed by atoms with Crippen LogP contribution in [0.2, 0.25) is 0 Å². The third kappa shape index (κ3) is 5.00. The first-order valence-electron chi connectivity index (χ1n) is 8.24. The summed E-state index contributed by atoms with van der Waals surface area (Å²) in [5, 5.41) is 15.6. The zero-order valence-corrected chi connectivity index (χ0v) is 16.6. The van der Waals surface area contributed by atoms with E-state index in [1.165, 1.54) is 11.8 Å². The molecule has 1 aliphatic heterocycles. The number of carbonyl (C=O) groups excluding carboxylic acids is 2. The Bertz CT molecular complexity index is 920. The van der Waals surface area contributed by atoms with Crippen LogP contribution in [-0.4, -0.2) is 17.6 Å². The highest BCUT2D eigenvalue weighted by Crippen LogP contribution is 2.35. The Morgan fingerprint density at radius 2 is 1.93 bits per heavy atom. The molecular weight excluding hydrogens is 426 g/mol. The van der Waals surface area contributed by atoms with E-state index in [4.69, 9.17) is 0 Å². The Morgan fingerprint density at radius 1 is 1.22 bits per heavy atom. The molecule has 1 atom stereocenters. The number of rotatable bonds is 5. The number of hydrogen-bond donors (Lipinski definition) is 2. The van der Waals surface area contributed by atoms with Crippen LogP contribution in [0.3, 0.4) is 0 Å². The molecule has 2 amide bonds. The Kier molecular flexibility index (Phi) is 6.32. The maximum absolute atomic E-state index is 12.2. The molecule has 2 N–H and O–H groups in total. The topological polar surface area (TPSA) is 82.0 Å². The van der Waals surface area contributed by atoms with Crippen LogP contribution in [0.4, 0.5) is 5.69 Å². The molecule has 0 spiro atoms. The average molecular weight is 442 g/mol. The fourth-order valence-electron chi connectivity index (χ4n) is 2.77. The molecule has 27 heavy (non-hydrogen) atoms. The lowest BCUT2D eigenvalue weighted by atomic mass is 9.87. The maximum atomic E-state index is 12.2. The number of anilines is 1. The van der Waals surface area contributed by atoms with Crippen LogP contribution in [0, 0.1) is 11.3 Å². The molecule has 1 heterocycles. The van der Waals surface area contributed by atoms with Crippen molar-refractivity contribution in [2.24, 2.45) is 0 Å². The van der Waals surface area contributed by atoms with Gasteiger partial charge in [0.05, 0.1) is 22.4 Å². The summed E-state index contributed by atoms with van der Waals surface area (Å²) in [6, 6.07) is 18.9. The van der Waals surface area contributed by atoms with Gasteiger partial charge in [-0.05, 0) is 29.8 Å². The summed E-state index contributed by atoms with van der Waals surface area (Å²) in [7, 11) is 0. The molecule has 5 nitrogen and oxygen atoms in total. The minimum absolute atomic E-state index is 0.0956. The van der Waals surface area contributed by atoms with Gasteiger partial charge in [-0.15, -0.1) is 0 Å². The Hall–Kier alpha value is -2.56. The number of nitriles is 1. The second kappa shape index (κ2) is 8.89. The van der Waals surface area contributed by atoms with Gasteiger partial charge in [-0.25, -0.2) is 0 Å². The number of thioether (sulfide) groups is 1. The van der Waals surface area contributed by atoms with E-state index in [0.29, 0.717) is 16.3 Å². The predicted octanol–water partition coefficient (Wildman–Crippen LogP) is 4.16. The summed E-state index contributed by atoms with van der Waals surface area (Å²) in [4.78, 5) is 24.3. The standard InChI is InChI=1S/C20H16BrN3O2S/c21-14-6-8-15(9-7-14)23-19(26)12-27-20-17(11-22)16(10-18(25)24-20)13-4-2-1-3-5-13/h1-9,16H,10,12H2,(H,23,26)(H,24,25)/t16-/m1/s1. The fraction of sp³-hybridized carbons (Fsp3) is 0.150. The molecule has 0 saturated heterocycles. The number of hydrogen-bond acceptors (Lipinski definition) is 4. The van der Waals surface area contributed by atoms with E-state index in [9.17, 15) is 14.9 Å². The van der Waals surface area contributed by atoms with Crippen LogP contribution < -0.4 is 10.6 Å². The smallest absolute Gasteiger partial charge is 0.234 e. The number of allylic oxidation sites excluding steroid dienone is 1. The van der Waals surface area contributed by atoms with Gasteiger partial charge in [-0.3, -0.25) is 9.59 Å². The molecule has 0 aliphatic carbocycles. The molecule has 1 aliphatic rings. The minimum Gasteiger partial charge on any atom is -0.325 e. The second-order valence-corrected chi connectivity index (χ2v) is 7.82. The van der Waals surface area contributed by atoms with E-state index < -0.39 is 0 Å². The lowest BCUT2D eigenvalue weighted by Gasteiger charge is -2.25. The van der Waals surface area contributed by atoms with Gasteiger partial charge in [-0.1, -0.05) is 58.0 Å². The van der Waals surface area contributed by atoms with Crippen molar-refractivity contribution in [3.05, 3.63) is 75.2 Å². The molecule has 3 rings (SSSR count). The van der Waals surface area contributed by atoms with E-state index in [2.05, 4.69) is 32.6 Å². The van der Waals surface area contributed by atoms with Gasteiger partial charge < -0.3 is 10.6 Å². The van der Waals surface area contributed by atoms with Gasteiger partial charge in [0.2, 0.25) is 11.8 Å². The molecule has 2 aromatic rings. The van der Waals surface area contributed by atoms with E-state index in [-0.39, 0.29) is 29.9 Å². The number of nitrogens with one attached hydrogen (secondary N) is 2. The van der Waals surface area contributed by atoms with Gasteiger partial charge in [0.25, 0.3) is 0 Å². The molecule has 0 saturated carbocycles. The minimum atomic E-state index is -0.290. The van der Waals surface area contributed by atoms with Crippen molar-refractivity contribution in [2.45, 2.75) is 12.3 Å². The van der Waals surface area contributed by atoms with Crippen molar-refractivity contribution in [1.82, 2.24) is 5.32 Å². The third-order valence-corrected chi connectivity index (χ3v) is 5.58. The summed E-state index contributed by atoms with van der Waals surface area (Å²) in [5.74, 6) is -0.554. The fourth-order valence-corrected chi connectivity index (χ4v) is 3.91. The van der Waals surface area contributed by atoms with Crippen LogP contribution in [0.15, 0.2) is 69.7 Å². The van der Waals surface area contributed by atoms with E-state index in [1.54, 1.807) is 12.1 Å². The summed E-state index contributed by atoms with van der Waals surface area (Å²) >= 11 is 4.51. The van der Waals surface area contributed by atoms with E-state index in [0.717, 1.165) is 10.0 Å². The third-order valence-electron chi connectivity index (χ3n) is 4.03. The van der Waals surface area contributed by atoms with Crippen LogP contribution in [0.5, 0.6) is 0 Å². The van der Waals surface area contributed by atoms with Crippen molar-refractivity contribution in [3.63, 3.8) is 0 Å². The van der Waals surface area contributed by atoms with Gasteiger partial charge in [0.1, 0.15) is 0 Å². The number of halogens is 1. The molecular formula is C20H16BrN3O2S. The largest absolute Gasteiger partial charge is 0.325 e. The summed E-state index contributed by atoms with van der Waals surface area (Å²) in [6.07, 6.45) is 0.224. The molecule has 0 radical (unpaired) electrons. The summed E-state index contributed by atoms with van der Waals surface area (Å²) in [5.41, 5.74) is 2.09. The molecule has 7 heteroatoms. The average Bonchev–Trinajstić information content (AvgIpc) is 2.68. The first-order chi connectivity index (χ1) is 13.1. The highest BCUT2D eigenvalue weighted by molar-refractivity contribution is 9.10. The zero-order chi connectivity index (χ0) is 19.2. The summed E-state index contributed by atoms with van der Waals surface area (Å²) in [6.45, 7) is 0. The highest BCUT2D eigenvalue weighted by atomic mass is 79.9. The lowest BCUT2D eigenvalue weighted by molar-refractivity contribution is -0.121.